The fourth-order valence-corrected chi connectivity index (χ4v) is 1.06. The van der Waals surface area contributed by atoms with Gasteiger partial charge in [0, 0.05) is 6.20 Å². The molecule has 1 atom stereocenters. The SMILES string of the molecule is CCOC(=O)C[C@H](O)c1ccccn1. The van der Waals surface area contributed by atoms with Crippen molar-refractivity contribution in [1.82, 2.24) is 4.98 Å². The third-order valence-electron chi connectivity index (χ3n) is 1.69. The zero-order valence-corrected chi connectivity index (χ0v) is 8.01. The van der Waals surface area contributed by atoms with Crippen molar-refractivity contribution >= 4 is 5.97 Å². The smallest absolute Gasteiger partial charge is 0.308 e. The van der Waals surface area contributed by atoms with Crippen molar-refractivity contribution in [3.63, 3.8) is 0 Å². The minimum absolute atomic E-state index is 0.0507. The molecule has 1 N–H and O–H groups in total. The standard InChI is InChI=1S/C10H13NO3/c1-2-14-10(13)7-9(12)8-5-3-4-6-11-8/h3-6,9,12H,2,7H2,1H3/t9-/m0/s1. The van der Waals surface area contributed by atoms with Crippen molar-refractivity contribution < 1.29 is 14.6 Å². The van der Waals surface area contributed by atoms with E-state index in [0.717, 1.165) is 0 Å². The first-order chi connectivity index (χ1) is 6.74. The molecule has 76 valence electrons. The summed E-state index contributed by atoms with van der Waals surface area (Å²) in [6.07, 6.45) is 0.643. The molecular weight excluding hydrogens is 182 g/mol. The predicted molar refractivity (Wildman–Crippen MR) is 50.4 cm³/mol. The second kappa shape index (κ2) is 5.34. The fraction of sp³-hybridized carbons (Fsp3) is 0.400. The zero-order chi connectivity index (χ0) is 10.4. The number of esters is 1. The van der Waals surface area contributed by atoms with Gasteiger partial charge in [0.05, 0.1) is 18.7 Å². The number of pyridine rings is 1. The Balaban J connectivity index is 2.50. The van der Waals surface area contributed by atoms with E-state index in [0.29, 0.717) is 12.3 Å². The van der Waals surface area contributed by atoms with E-state index in [9.17, 15) is 9.90 Å². The van der Waals surface area contributed by atoms with E-state index in [1.807, 2.05) is 0 Å². The Hall–Kier alpha value is -1.42. The molecule has 1 rings (SSSR count). The Morgan fingerprint density at radius 1 is 1.64 bits per heavy atom. The van der Waals surface area contributed by atoms with Gasteiger partial charge >= 0.3 is 5.97 Å². The van der Waals surface area contributed by atoms with Gasteiger partial charge in [-0.25, -0.2) is 0 Å². The molecule has 0 fully saturated rings. The van der Waals surface area contributed by atoms with Crippen LogP contribution >= 0.6 is 0 Å². The summed E-state index contributed by atoms with van der Waals surface area (Å²) >= 11 is 0. The topological polar surface area (TPSA) is 59.4 Å². The van der Waals surface area contributed by atoms with Crippen LogP contribution in [0.5, 0.6) is 0 Å². The summed E-state index contributed by atoms with van der Waals surface area (Å²) in [6.45, 7) is 2.05. The molecule has 0 unspecified atom stereocenters. The number of hydrogen-bond acceptors (Lipinski definition) is 4. The second-order valence-electron chi connectivity index (χ2n) is 2.78. The van der Waals surface area contributed by atoms with Gasteiger partial charge in [-0.1, -0.05) is 6.07 Å². The van der Waals surface area contributed by atoms with Crippen LogP contribution in [0, 0.1) is 0 Å². The van der Waals surface area contributed by atoms with E-state index in [4.69, 9.17) is 4.74 Å². The number of nitrogens with zero attached hydrogens (tertiary/aromatic N) is 1. The number of carbonyl (C=O) groups is 1. The van der Waals surface area contributed by atoms with Gasteiger partial charge < -0.3 is 9.84 Å². The second-order valence-corrected chi connectivity index (χ2v) is 2.78. The predicted octanol–water partition coefficient (Wildman–Crippen LogP) is 1.07. The van der Waals surface area contributed by atoms with Crippen molar-refractivity contribution in [3.8, 4) is 0 Å². The first-order valence-electron chi connectivity index (χ1n) is 4.48. The van der Waals surface area contributed by atoms with Crippen LogP contribution in [0.1, 0.15) is 25.1 Å². The summed E-state index contributed by atoms with van der Waals surface area (Å²) < 4.78 is 4.71. The van der Waals surface area contributed by atoms with E-state index < -0.39 is 12.1 Å². The van der Waals surface area contributed by atoms with Crippen molar-refractivity contribution in [1.29, 1.82) is 0 Å². The average molecular weight is 195 g/mol. The highest BCUT2D eigenvalue weighted by molar-refractivity contribution is 5.70. The highest BCUT2D eigenvalue weighted by Crippen LogP contribution is 2.13. The summed E-state index contributed by atoms with van der Waals surface area (Å²) in [7, 11) is 0. The maximum atomic E-state index is 11.0. The number of aromatic nitrogens is 1. The summed E-state index contributed by atoms with van der Waals surface area (Å²) in [4.78, 5) is 15.0. The largest absolute Gasteiger partial charge is 0.466 e. The number of carbonyl (C=O) groups excluding carboxylic acids is 1. The van der Waals surface area contributed by atoms with E-state index in [1.54, 1.807) is 31.3 Å². The zero-order valence-electron chi connectivity index (χ0n) is 8.01. The van der Waals surface area contributed by atoms with Gasteiger partial charge in [-0.3, -0.25) is 9.78 Å². The lowest BCUT2D eigenvalue weighted by Crippen LogP contribution is -2.10. The first kappa shape index (κ1) is 10.7. The van der Waals surface area contributed by atoms with Crippen molar-refractivity contribution in [2.45, 2.75) is 19.4 Å². The van der Waals surface area contributed by atoms with E-state index in [1.165, 1.54) is 0 Å². The lowest BCUT2D eigenvalue weighted by Gasteiger charge is -2.08. The normalized spacial score (nSPS) is 12.1. The Kier molecular flexibility index (Phi) is 4.07. The molecule has 0 aliphatic carbocycles. The van der Waals surface area contributed by atoms with Crippen LogP contribution < -0.4 is 0 Å². The number of ether oxygens (including phenoxy) is 1. The van der Waals surface area contributed by atoms with Crippen LogP contribution in [-0.4, -0.2) is 22.7 Å². The van der Waals surface area contributed by atoms with Crippen LogP contribution in [0.25, 0.3) is 0 Å². The Labute approximate surface area is 82.5 Å². The maximum Gasteiger partial charge on any atom is 0.308 e. The molecule has 4 nitrogen and oxygen atoms in total. The van der Waals surface area contributed by atoms with E-state index >= 15 is 0 Å². The molecule has 0 bridgehead atoms. The molecule has 14 heavy (non-hydrogen) atoms. The Morgan fingerprint density at radius 3 is 3.00 bits per heavy atom. The molecule has 0 amide bonds. The highest BCUT2D eigenvalue weighted by Gasteiger charge is 2.14. The minimum Gasteiger partial charge on any atom is -0.466 e. The molecule has 0 aliphatic heterocycles. The summed E-state index contributed by atoms with van der Waals surface area (Å²) in [6, 6.07) is 5.18. The molecular formula is C10H13NO3. The van der Waals surface area contributed by atoms with Crippen LogP contribution in [-0.2, 0) is 9.53 Å². The number of aliphatic hydroxyl groups excluding tert-OH is 1. The van der Waals surface area contributed by atoms with Gasteiger partial charge in [-0.05, 0) is 19.1 Å². The molecule has 0 aromatic carbocycles. The van der Waals surface area contributed by atoms with Gasteiger partial charge in [-0.15, -0.1) is 0 Å². The molecule has 1 heterocycles. The molecule has 0 saturated carbocycles. The highest BCUT2D eigenvalue weighted by atomic mass is 16.5. The van der Waals surface area contributed by atoms with Crippen LogP contribution in [0.15, 0.2) is 24.4 Å². The van der Waals surface area contributed by atoms with Crippen molar-refractivity contribution in [2.24, 2.45) is 0 Å². The number of rotatable bonds is 4. The molecule has 1 aromatic heterocycles. The molecule has 0 aliphatic rings. The monoisotopic (exact) mass is 195 g/mol. The summed E-state index contributed by atoms with van der Waals surface area (Å²) in [5.74, 6) is -0.411. The molecule has 0 saturated heterocycles. The fourth-order valence-electron chi connectivity index (χ4n) is 1.06. The van der Waals surface area contributed by atoms with Gasteiger partial charge in [-0.2, -0.15) is 0 Å². The molecule has 1 aromatic rings. The number of aliphatic hydroxyl groups is 1. The van der Waals surface area contributed by atoms with Crippen LogP contribution in [0.2, 0.25) is 0 Å². The summed E-state index contributed by atoms with van der Waals surface area (Å²) in [5.41, 5.74) is 0.487. The molecule has 0 radical (unpaired) electrons. The Morgan fingerprint density at radius 2 is 2.43 bits per heavy atom. The third-order valence-corrected chi connectivity index (χ3v) is 1.69. The average Bonchev–Trinajstić information content (AvgIpc) is 2.19. The van der Waals surface area contributed by atoms with Crippen LogP contribution in [0.3, 0.4) is 0 Å². The van der Waals surface area contributed by atoms with Crippen molar-refractivity contribution in [2.75, 3.05) is 6.61 Å². The maximum absolute atomic E-state index is 11.0. The van der Waals surface area contributed by atoms with Crippen molar-refractivity contribution in [3.05, 3.63) is 30.1 Å². The molecule has 4 heteroatoms. The van der Waals surface area contributed by atoms with E-state index in [2.05, 4.69) is 4.98 Å². The lowest BCUT2D eigenvalue weighted by molar-refractivity contribution is -0.145. The number of hydrogen-bond donors (Lipinski definition) is 1. The lowest BCUT2D eigenvalue weighted by atomic mass is 10.2. The van der Waals surface area contributed by atoms with E-state index in [-0.39, 0.29) is 6.42 Å². The third kappa shape index (κ3) is 3.14. The van der Waals surface area contributed by atoms with Gasteiger partial charge in [0.15, 0.2) is 0 Å². The first-order valence-corrected chi connectivity index (χ1v) is 4.48. The van der Waals surface area contributed by atoms with Gasteiger partial charge in [0.1, 0.15) is 6.10 Å². The minimum atomic E-state index is -0.879. The quantitative estimate of drug-likeness (QED) is 0.730. The summed E-state index contributed by atoms with van der Waals surface area (Å²) in [5, 5.41) is 9.55. The van der Waals surface area contributed by atoms with Gasteiger partial charge in [0.2, 0.25) is 0 Å². The van der Waals surface area contributed by atoms with Crippen LogP contribution in [0.4, 0.5) is 0 Å². The molecule has 0 spiro atoms. The Bertz CT molecular complexity index is 287. The van der Waals surface area contributed by atoms with Gasteiger partial charge in [0.25, 0.3) is 0 Å².